The summed E-state index contributed by atoms with van der Waals surface area (Å²) in [6.45, 7) is 5.35. The van der Waals surface area contributed by atoms with Crippen LogP contribution in [-0.4, -0.2) is 57.1 Å². The predicted molar refractivity (Wildman–Crippen MR) is 154 cm³/mol. The lowest BCUT2D eigenvalue weighted by Gasteiger charge is -2.34. The largest absolute Gasteiger partial charge is 0.497 e. The Bertz CT molecular complexity index is 1360. The maximum atomic E-state index is 14.0. The third-order valence-corrected chi connectivity index (χ3v) is 7.48. The first-order chi connectivity index (χ1) is 18.5. The van der Waals surface area contributed by atoms with Crippen molar-refractivity contribution >= 4 is 27.5 Å². The number of hydrogen-bond donors (Lipinski definition) is 1. The summed E-state index contributed by atoms with van der Waals surface area (Å²) in [5, 5.41) is 2.95. The van der Waals surface area contributed by atoms with E-state index in [1.54, 1.807) is 24.3 Å². The van der Waals surface area contributed by atoms with Gasteiger partial charge in [-0.15, -0.1) is 0 Å². The van der Waals surface area contributed by atoms with E-state index in [0.29, 0.717) is 11.4 Å². The molecule has 208 valence electrons. The van der Waals surface area contributed by atoms with Gasteiger partial charge in [-0.25, -0.2) is 8.42 Å². The summed E-state index contributed by atoms with van der Waals surface area (Å²) in [5.41, 5.74) is 3.05. The number of carbonyl (C=O) groups is 2. The van der Waals surface area contributed by atoms with Crippen LogP contribution in [0.15, 0.2) is 78.9 Å². The van der Waals surface area contributed by atoms with Gasteiger partial charge in [0.2, 0.25) is 21.8 Å². The highest BCUT2D eigenvalue weighted by atomic mass is 32.2. The van der Waals surface area contributed by atoms with Crippen LogP contribution in [0.25, 0.3) is 0 Å². The van der Waals surface area contributed by atoms with Crippen molar-refractivity contribution in [2.75, 3.05) is 24.2 Å². The van der Waals surface area contributed by atoms with E-state index in [9.17, 15) is 18.0 Å². The van der Waals surface area contributed by atoms with Crippen molar-refractivity contribution in [2.45, 2.75) is 45.8 Å². The van der Waals surface area contributed by atoms with Crippen molar-refractivity contribution < 1.29 is 22.7 Å². The predicted octanol–water partition coefficient (Wildman–Crippen LogP) is 3.93. The summed E-state index contributed by atoms with van der Waals surface area (Å²) in [6, 6.07) is 22.6. The highest BCUT2D eigenvalue weighted by molar-refractivity contribution is 7.92. The number of anilines is 1. The van der Waals surface area contributed by atoms with Gasteiger partial charge in [0, 0.05) is 19.0 Å². The normalized spacial score (nSPS) is 12.1. The molecule has 39 heavy (non-hydrogen) atoms. The molecule has 0 bridgehead atoms. The lowest BCUT2D eigenvalue weighted by Crippen LogP contribution is -2.54. The second-order valence-corrected chi connectivity index (χ2v) is 11.7. The van der Waals surface area contributed by atoms with Gasteiger partial charge in [-0.1, -0.05) is 54.6 Å². The van der Waals surface area contributed by atoms with Gasteiger partial charge in [-0.2, -0.15) is 0 Å². The van der Waals surface area contributed by atoms with E-state index in [4.69, 9.17) is 4.74 Å². The van der Waals surface area contributed by atoms with E-state index >= 15 is 0 Å². The number of amides is 2. The number of aryl methyl sites for hydroxylation is 1. The summed E-state index contributed by atoms with van der Waals surface area (Å²) >= 11 is 0. The monoisotopic (exact) mass is 551 g/mol. The summed E-state index contributed by atoms with van der Waals surface area (Å²) in [4.78, 5) is 29.1. The van der Waals surface area contributed by atoms with Gasteiger partial charge >= 0.3 is 0 Å². The van der Waals surface area contributed by atoms with E-state index in [1.165, 1.54) is 12.0 Å². The molecular weight excluding hydrogens is 514 g/mol. The number of nitrogens with one attached hydrogen (secondary N) is 1. The van der Waals surface area contributed by atoms with Gasteiger partial charge in [0.15, 0.2) is 0 Å². The zero-order valence-electron chi connectivity index (χ0n) is 23.1. The number of benzene rings is 3. The summed E-state index contributed by atoms with van der Waals surface area (Å²) in [6.07, 6.45) is 1.33. The number of rotatable bonds is 12. The molecule has 3 aromatic carbocycles. The molecule has 9 heteroatoms. The van der Waals surface area contributed by atoms with E-state index in [1.807, 2.05) is 75.4 Å². The van der Waals surface area contributed by atoms with Crippen molar-refractivity contribution in [1.82, 2.24) is 10.2 Å². The quantitative estimate of drug-likeness (QED) is 0.368. The van der Waals surface area contributed by atoms with Crippen molar-refractivity contribution in [1.29, 1.82) is 0 Å². The maximum absolute atomic E-state index is 14.0. The Morgan fingerprint density at radius 3 is 2.10 bits per heavy atom. The van der Waals surface area contributed by atoms with E-state index < -0.39 is 28.5 Å². The Kier molecular flexibility index (Phi) is 10.1. The molecule has 0 aliphatic heterocycles. The standard InChI is InChI=1S/C30H37N3O5S/c1-22(2)31-30(35)28(19-24-12-7-6-8-13-24)32(20-25-14-10-9-11-23(25)3)29(34)21-33(39(5,36)37)26-15-17-27(38-4)18-16-26/h6-18,22,28H,19-21H2,1-5H3,(H,31,35). The summed E-state index contributed by atoms with van der Waals surface area (Å²) < 4.78 is 31.9. The molecule has 0 saturated heterocycles. The number of ether oxygens (including phenoxy) is 1. The fourth-order valence-corrected chi connectivity index (χ4v) is 5.12. The fourth-order valence-electron chi connectivity index (χ4n) is 4.27. The lowest BCUT2D eigenvalue weighted by molar-refractivity contribution is -0.140. The van der Waals surface area contributed by atoms with Gasteiger partial charge in [0.25, 0.3) is 0 Å². The van der Waals surface area contributed by atoms with Crippen LogP contribution >= 0.6 is 0 Å². The smallest absolute Gasteiger partial charge is 0.244 e. The molecule has 0 radical (unpaired) electrons. The zero-order chi connectivity index (χ0) is 28.6. The Morgan fingerprint density at radius 1 is 0.923 bits per heavy atom. The highest BCUT2D eigenvalue weighted by Crippen LogP contribution is 2.23. The average molecular weight is 552 g/mol. The van der Waals surface area contributed by atoms with Crippen LogP contribution < -0.4 is 14.4 Å². The first-order valence-corrected chi connectivity index (χ1v) is 14.6. The van der Waals surface area contributed by atoms with E-state index in [2.05, 4.69) is 5.32 Å². The van der Waals surface area contributed by atoms with Crippen LogP contribution in [0.2, 0.25) is 0 Å². The van der Waals surface area contributed by atoms with E-state index in [-0.39, 0.29) is 24.9 Å². The van der Waals surface area contributed by atoms with Crippen LogP contribution in [0.3, 0.4) is 0 Å². The van der Waals surface area contributed by atoms with Gasteiger partial charge in [-0.3, -0.25) is 13.9 Å². The molecule has 2 amide bonds. The third kappa shape index (κ3) is 8.32. The average Bonchev–Trinajstić information content (AvgIpc) is 2.89. The maximum Gasteiger partial charge on any atom is 0.244 e. The molecule has 0 aliphatic carbocycles. The SMILES string of the molecule is COc1ccc(N(CC(=O)N(Cc2ccccc2C)C(Cc2ccccc2)C(=O)NC(C)C)S(C)(=O)=O)cc1. The highest BCUT2D eigenvalue weighted by Gasteiger charge is 2.33. The van der Waals surface area contributed by atoms with Crippen LogP contribution in [0, 0.1) is 6.92 Å². The molecule has 0 spiro atoms. The second kappa shape index (κ2) is 13.3. The Hall–Kier alpha value is -3.85. The summed E-state index contributed by atoms with van der Waals surface area (Å²) in [5.74, 6) is -0.224. The molecule has 1 N–H and O–H groups in total. The van der Waals surface area contributed by atoms with Gasteiger partial charge in [0.1, 0.15) is 18.3 Å². The molecule has 0 aliphatic rings. The van der Waals surface area contributed by atoms with Crippen molar-refractivity contribution in [2.24, 2.45) is 0 Å². The van der Waals surface area contributed by atoms with Crippen LogP contribution in [-0.2, 0) is 32.6 Å². The lowest BCUT2D eigenvalue weighted by atomic mass is 10.0. The second-order valence-electron chi connectivity index (χ2n) is 9.78. The molecule has 3 aromatic rings. The van der Waals surface area contributed by atoms with Crippen LogP contribution in [0.4, 0.5) is 5.69 Å². The Morgan fingerprint density at radius 2 is 1.54 bits per heavy atom. The minimum atomic E-state index is -3.83. The fraction of sp³-hybridized carbons (Fsp3) is 0.333. The summed E-state index contributed by atoms with van der Waals surface area (Å²) in [7, 11) is -2.31. The molecule has 3 rings (SSSR count). The van der Waals surface area contributed by atoms with Crippen LogP contribution in [0.5, 0.6) is 5.75 Å². The minimum Gasteiger partial charge on any atom is -0.497 e. The van der Waals surface area contributed by atoms with Crippen molar-refractivity contribution in [3.63, 3.8) is 0 Å². The number of nitrogens with zero attached hydrogens (tertiary/aromatic N) is 2. The van der Waals surface area contributed by atoms with Crippen molar-refractivity contribution in [3.8, 4) is 5.75 Å². The molecule has 1 unspecified atom stereocenters. The van der Waals surface area contributed by atoms with Gasteiger partial charge < -0.3 is 15.0 Å². The number of hydrogen-bond acceptors (Lipinski definition) is 5. The number of carbonyl (C=O) groups excluding carboxylic acids is 2. The topological polar surface area (TPSA) is 96.0 Å². The Balaban J connectivity index is 2.05. The van der Waals surface area contributed by atoms with E-state index in [0.717, 1.165) is 27.3 Å². The first-order valence-electron chi connectivity index (χ1n) is 12.8. The third-order valence-electron chi connectivity index (χ3n) is 6.34. The Labute approximate surface area is 231 Å². The number of sulfonamides is 1. The molecular formula is C30H37N3O5S. The molecule has 0 aromatic heterocycles. The van der Waals surface area contributed by atoms with Crippen LogP contribution in [0.1, 0.15) is 30.5 Å². The van der Waals surface area contributed by atoms with Gasteiger partial charge in [-0.05, 0) is 61.7 Å². The minimum absolute atomic E-state index is 0.141. The molecule has 8 nitrogen and oxygen atoms in total. The molecule has 0 saturated carbocycles. The molecule has 0 fully saturated rings. The molecule has 1 atom stereocenters. The first kappa shape index (κ1) is 29.7. The van der Waals surface area contributed by atoms with Crippen molar-refractivity contribution in [3.05, 3.63) is 95.6 Å². The zero-order valence-corrected chi connectivity index (χ0v) is 23.9. The number of methoxy groups -OCH3 is 1. The van der Waals surface area contributed by atoms with Gasteiger partial charge in [0.05, 0.1) is 19.1 Å². The molecule has 0 heterocycles.